The van der Waals surface area contributed by atoms with Crippen LogP contribution in [0.3, 0.4) is 0 Å². The van der Waals surface area contributed by atoms with Gasteiger partial charge in [0.2, 0.25) is 5.91 Å². The van der Waals surface area contributed by atoms with Gasteiger partial charge in [0, 0.05) is 29.7 Å². The number of likely N-dealkylation sites (N-methyl/N-ethyl adjacent to an activating group) is 1. The first-order chi connectivity index (χ1) is 13.6. The first-order valence-electron chi connectivity index (χ1n) is 9.90. The minimum absolute atomic E-state index is 0.0875. The summed E-state index contributed by atoms with van der Waals surface area (Å²) < 4.78 is 0. The first-order valence-corrected chi connectivity index (χ1v) is 10.7. The Balaban J connectivity index is 1.77. The molecular formula is C21H29N5OS. The highest BCUT2D eigenvalue weighted by Crippen LogP contribution is 2.37. The summed E-state index contributed by atoms with van der Waals surface area (Å²) in [5, 5.41) is 4.48. The fourth-order valence-corrected chi connectivity index (χ4v) is 4.56. The van der Waals surface area contributed by atoms with Crippen LogP contribution in [0.2, 0.25) is 0 Å². The number of anilines is 1. The van der Waals surface area contributed by atoms with Gasteiger partial charge in [-0.25, -0.2) is 9.97 Å². The van der Waals surface area contributed by atoms with E-state index in [1.807, 2.05) is 30.9 Å². The van der Waals surface area contributed by atoms with Crippen molar-refractivity contribution in [3.05, 3.63) is 40.7 Å². The molecule has 0 saturated carbocycles. The zero-order chi connectivity index (χ0) is 20.1. The predicted octanol–water partition coefficient (Wildman–Crippen LogP) is 3.81. The Labute approximate surface area is 171 Å². The van der Waals surface area contributed by atoms with E-state index in [9.17, 15) is 4.79 Å². The van der Waals surface area contributed by atoms with Gasteiger partial charge in [0.15, 0.2) is 0 Å². The third kappa shape index (κ3) is 4.42. The second-order valence-electron chi connectivity index (χ2n) is 6.90. The van der Waals surface area contributed by atoms with Crippen molar-refractivity contribution in [2.24, 2.45) is 0 Å². The average Bonchev–Trinajstić information content (AvgIpc) is 3.09. The van der Waals surface area contributed by atoms with Gasteiger partial charge in [0.1, 0.15) is 17.0 Å². The standard InChI is InChI=1S/C21H29N5OS/c1-5-15(4)24-20-19-16-10-12-26(13-17(16)28-21(19)23-14-22-20)18(27)9-8-11-25(6-2)7-3/h5,8-9,14H,6-7,10-13H2,1-4H3,(H,22,23,24)/b9-8+,15-5+. The Hall–Kier alpha value is -2.25. The molecule has 0 spiro atoms. The summed E-state index contributed by atoms with van der Waals surface area (Å²) in [6.07, 6.45) is 8.16. The summed E-state index contributed by atoms with van der Waals surface area (Å²) >= 11 is 1.67. The number of hydrogen-bond acceptors (Lipinski definition) is 6. The molecule has 2 aromatic rings. The SMILES string of the molecule is C/C=C(\C)Nc1ncnc2sc3c(c12)CCN(C(=O)/C=C/CN(CC)CC)C3. The van der Waals surface area contributed by atoms with Crippen molar-refractivity contribution in [1.29, 1.82) is 0 Å². The van der Waals surface area contributed by atoms with Gasteiger partial charge in [-0.2, -0.15) is 0 Å². The molecule has 1 aliphatic heterocycles. The Bertz CT molecular complexity index is 898. The summed E-state index contributed by atoms with van der Waals surface area (Å²) in [4.78, 5) is 27.9. The summed E-state index contributed by atoms with van der Waals surface area (Å²) in [7, 11) is 0. The summed E-state index contributed by atoms with van der Waals surface area (Å²) in [5.74, 6) is 0.946. The molecular weight excluding hydrogens is 370 g/mol. The highest BCUT2D eigenvalue weighted by atomic mass is 32.1. The molecule has 150 valence electrons. The quantitative estimate of drug-likeness (QED) is 0.718. The molecule has 6 nitrogen and oxygen atoms in total. The van der Waals surface area contributed by atoms with Crippen molar-refractivity contribution < 1.29 is 4.79 Å². The van der Waals surface area contributed by atoms with Crippen LogP contribution in [-0.2, 0) is 17.8 Å². The molecule has 7 heteroatoms. The van der Waals surface area contributed by atoms with E-state index in [0.717, 1.165) is 54.3 Å². The molecule has 0 unspecified atom stereocenters. The topological polar surface area (TPSA) is 61.4 Å². The molecule has 0 saturated heterocycles. The number of allylic oxidation sites excluding steroid dienone is 2. The third-order valence-corrected chi connectivity index (χ3v) is 6.34. The molecule has 3 rings (SSSR count). The van der Waals surface area contributed by atoms with E-state index in [1.165, 1.54) is 10.4 Å². The number of carbonyl (C=O) groups excluding carboxylic acids is 1. The van der Waals surface area contributed by atoms with Crippen LogP contribution in [0, 0.1) is 0 Å². The van der Waals surface area contributed by atoms with Crippen molar-refractivity contribution in [1.82, 2.24) is 19.8 Å². The minimum atomic E-state index is 0.0875. The number of amides is 1. The molecule has 0 atom stereocenters. The van der Waals surface area contributed by atoms with E-state index < -0.39 is 0 Å². The Morgan fingerprint density at radius 3 is 2.86 bits per heavy atom. The zero-order valence-electron chi connectivity index (χ0n) is 17.2. The van der Waals surface area contributed by atoms with Crippen molar-refractivity contribution in [3.8, 4) is 0 Å². The molecule has 0 bridgehead atoms. The van der Waals surface area contributed by atoms with E-state index >= 15 is 0 Å². The fourth-order valence-electron chi connectivity index (χ4n) is 3.36. The van der Waals surface area contributed by atoms with Crippen molar-refractivity contribution in [2.75, 3.05) is 31.5 Å². The van der Waals surface area contributed by atoms with E-state index in [4.69, 9.17) is 0 Å². The molecule has 1 N–H and O–H groups in total. The number of fused-ring (bicyclic) bond motifs is 3. The summed E-state index contributed by atoms with van der Waals surface area (Å²) in [5.41, 5.74) is 2.34. The minimum Gasteiger partial charge on any atom is -0.344 e. The van der Waals surface area contributed by atoms with Crippen LogP contribution in [0.15, 0.2) is 30.3 Å². The van der Waals surface area contributed by atoms with Gasteiger partial charge in [-0.1, -0.05) is 26.0 Å². The molecule has 28 heavy (non-hydrogen) atoms. The lowest BCUT2D eigenvalue weighted by Crippen LogP contribution is -2.34. The van der Waals surface area contributed by atoms with Crippen LogP contribution in [0.25, 0.3) is 10.2 Å². The number of nitrogens with zero attached hydrogens (tertiary/aromatic N) is 4. The Morgan fingerprint density at radius 1 is 1.36 bits per heavy atom. The number of hydrogen-bond donors (Lipinski definition) is 1. The van der Waals surface area contributed by atoms with Gasteiger partial charge in [-0.3, -0.25) is 4.79 Å². The van der Waals surface area contributed by atoms with E-state index in [0.29, 0.717) is 6.54 Å². The monoisotopic (exact) mass is 399 g/mol. The van der Waals surface area contributed by atoms with Crippen LogP contribution >= 0.6 is 11.3 Å². The zero-order valence-corrected chi connectivity index (χ0v) is 18.0. The van der Waals surface area contributed by atoms with Crippen LogP contribution in [0.4, 0.5) is 5.82 Å². The van der Waals surface area contributed by atoms with Gasteiger partial charge >= 0.3 is 0 Å². The Kier molecular flexibility index (Phi) is 6.80. The average molecular weight is 400 g/mol. The summed E-state index contributed by atoms with van der Waals surface area (Å²) in [6.45, 7) is 12.5. The molecule has 1 amide bonds. The smallest absolute Gasteiger partial charge is 0.246 e. The van der Waals surface area contributed by atoms with Gasteiger partial charge in [-0.15, -0.1) is 11.3 Å². The Morgan fingerprint density at radius 2 is 2.14 bits per heavy atom. The maximum absolute atomic E-state index is 12.6. The van der Waals surface area contributed by atoms with E-state index in [-0.39, 0.29) is 5.91 Å². The van der Waals surface area contributed by atoms with Crippen LogP contribution in [-0.4, -0.2) is 51.9 Å². The van der Waals surface area contributed by atoms with Gasteiger partial charge in [0.25, 0.3) is 0 Å². The maximum Gasteiger partial charge on any atom is 0.246 e. The normalized spacial score (nSPS) is 14.9. The van der Waals surface area contributed by atoms with Crippen LogP contribution in [0.5, 0.6) is 0 Å². The predicted molar refractivity (Wildman–Crippen MR) is 117 cm³/mol. The fraction of sp³-hybridized carbons (Fsp3) is 0.476. The van der Waals surface area contributed by atoms with Crippen molar-refractivity contribution in [3.63, 3.8) is 0 Å². The highest BCUT2D eigenvalue weighted by Gasteiger charge is 2.25. The molecule has 1 aliphatic rings. The highest BCUT2D eigenvalue weighted by molar-refractivity contribution is 7.19. The number of carbonyl (C=O) groups is 1. The van der Waals surface area contributed by atoms with Crippen LogP contribution < -0.4 is 5.32 Å². The third-order valence-electron chi connectivity index (χ3n) is 5.22. The van der Waals surface area contributed by atoms with Crippen molar-refractivity contribution in [2.45, 2.75) is 40.7 Å². The lowest BCUT2D eigenvalue weighted by atomic mass is 10.0. The number of nitrogens with one attached hydrogen (secondary N) is 1. The van der Waals surface area contributed by atoms with Crippen LogP contribution in [0.1, 0.15) is 38.1 Å². The lowest BCUT2D eigenvalue weighted by molar-refractivity contribution is -0.126. The molecule has 0 aromatic carbocycles. The number of thiophene rings is 1. The molecule has 3 heterocycles. The van der Waals surface area contributed by atoms with Gasteiger partial charge in [-0.05, 0) is 38.9 Å². The molecule has 0 radical (unpaired) electrons. The van der Waals surface area contributed by atoms with E-state index in [2.05, 4.69) is 34.0 Å². The van der Waals surface area contributed by atoms with Gasteiger partial charge < -0.3 is 15.1 Å². The number of rotatable bonds is 7. The molecule has 2 aromatic heterocycles. The largest absolute Gasteiger partial charge is 0.344 e. The number of aromatic nitrogens is 2. The van der Waals surface area contributed by atoms with Crippen molar-refractivity contribution >= 4 is 33.3 Å². The molecule has 0 aliphatic carbocycles. The van der Waals surface area contributed by atoms with Gasteiger partial charge in [0.05, 0.1) is 11.9 Å². The lowest BCUT2D eigenvalue weighted by Gasteiger charge is -2.26. The molecule has 0 fully saturated rings. The summed E-state index contributed by atoms with van der Waals surface area (Å²) in [6, 6.07) is 0. The first kappa shape index (κ1) is 20.5. The maximum atomic E-state index is 12.6. The van der Waals surface area contributed by atoms with E-state index in [1.54, 1.807) is 23.7 Å². The second-order valence-corrected chi connectivity index (χ2v) is 7.98. The second kappa shape index (κ2) is 9.30.